The van der Waals surface area contributed by atoms with E-state index in [9.17, 15) is 4.79 Å². The van der Waals surface area contributed by atoms with E-state index in [2.05, 4.69) is 15.9 Å². The molecule has 0 saturated carbocycles. The van der Waals surface area contributed by atoms with Crippen LogP contribution in [0, 0.1) is 0 Å². The number of ether oxygens (including phenoxy) is 1. The zero-order valence-corrected chi connectivity index (χ0v) is 11.2. The lowest BCUT2D eigenvalue weighted by molar-refractivity contribution is 0.0528. The third-order valence-electron chi connectivity index (χ3n) is 2.27. The number of halogens is 1. The maximum Gasteiger partial charge on any atom is 0.339 e. The molecule has 1 aromatic heterocycles. The smallest absolute Gasteiger partial charge is 0.339 e. The molecule has 0 amide bonds. The number of thiophene rings is 1. The molecule has 0 fully saturated rings. The van der Waals surface area contributed by atoms with Crippen LogP contribution in [0.3, 0.4) is 0 Å². The predicted octanol–water partition coefficient (Wildman–Crippen LogP) is 3.97. The topological polar surface area (TPSA) is 26.3 Å². The molecule has 0 radical (unpaired) electrons. The van der Waals surface area contributed by atoms with Crippen LogP contribution in [0.2, 0.25) is 0 Å². The maximum absolute atomic E-state index is 11.9. The first-order chi connectivity index (χ1) is 7.77. The van der Waals surface area contributed by atoms with E-state index in [1.54, 1.807) is 11.3 Å². The molecule has 0 saturated heterocycles. The summed E-state index contributed by atoms with van der Waals surface area (Å²) < 4.78 is 6.21. The monoisotopic (exact) mass is 298 g/mol. The SMILES string of the molecule is CCOC(=O)c1c(CBr)sc2ccccc12. The lowest BCUT2D eigenvalue weighted by Crippen LogP contribution is -2.05. The number of carbonyl (C=O) groups excluding carboxylic acids is 1. The molecule has 16 heavy (non-hydrogen) atoms. The van der Waals surface area contributed by atoms with Gasteiger partial charge in [0.2, 0.25) is 0 Å². The van der Waals surface area contributed by atoms with Gasteiger partial charge >= 0.3 is 5.97 Å². The van der Waals surface area contributed by atoms with Crippen LogP contribution in [0.25, 0.3) is 10.1 Å². The number of esters is 1. The van der Waals surface area contributed by atoms with E-state index in [-0.39, 0.29) is 5.97 Å². The van der Waals surface area contributed by atoms with Crippen LogP contribution in [0.4, 0.5) is 0 Å². The standard InChI is InChI=1S/C12H11BrO2S/c1-2-15-12(14)11-8-5-3-4-6-9(8)16-10(11)7-13/h3-6H,2,7H2,1H3. The summed E-state index contributed by atoms with van der Waals surface area (Å²) in [4.78, 5) is 12.9. The quantitative estimate of drug-likeness (QED) is 0.633. The number of hydrogen-bond acceptors (Lipinski definition) is 3. The van der Waals surface area contributed by atoms with E-state index in [0.717, 1.165) is 15.0 Å². The number of benzene rings is 1. The van der Waals surface area contributed by atoms with Gasteiger partial charge in [-0.2, -0.15) is 0 Å². The molecular formula is C12H11BrO2S. The third kappa shape index (κ3) is 1.99. The van der Waals surface area contributed by atoms with E-state index in [4.69, 9.17) is 4.74 Å². The van der Waals surface area contributed by atoms with Crippen LogP contribution in [-0.2, 0) is 10.1 Å². The van der Waals surface area contributed by atoms with Crippen molar-refractivity contribution in [1.82, 2.24) is 0 Å². The molecule has 4 heteroatoms. The van der Waals surface area contributed by atoms with E-state index in [1.165, 1.54) is 0 Å². The van der Waals surface area contributed by atoms with Gasteiger partial charge < -0.3 is 4.74 Å². The van der Waals surface area contributed by atoms with Gasteiger partial charge in [0.25, 0.3) is 0 Å². The van der Waals surface area contributed by atoms with E-state index >= 15 is 0 Å². The molecule has 0 spiro atoms. The van der Waals surface area contributed by atoms with Gasteiger partial charge in [-0.05, 0) is 13.0 Å². The second kappa shape index (κ2) is 4.97. The summed E-state index contributed by atoms with van der Waals surface area (Å²) in [6.45, 7) is 2.23. The average Bonchev–Trinajstić information content (AvgIpc) is 2.67. The summed E-state index contributed by atoms with van der Waals surface area (Å²) in [6.07, 6.45) is 0. The summed E-state index contributed by atoms with van der Waals surface area (Å²) in [5, 5.41) is 1.67. The number of alkyl halides is 1. The zero-order valence-electron chi connectivity index (χ0n) is 8.83. The first kappa shape index (κ1) is 11.6. The van der Waals surface area contributed by atoms with Crippen molar-refractivity contribution in [3.05, 3.63) is 34.7 Å². The molecule has 1 heterocycles. The Labute approximate surface area is 106 Å². The molecule has 1 aromatic carbocycles. The van der Waals surface area contributed by atoms with E-state index in [1.807, 2.05) is 31.2 Å². The Morgan fingerprint density at radius 2 is 2.19 bits per heavy atom. The summed E-state index contributed by atoms with van der Waals surface area (Å²) in [5.41, 5.74) is 0.708. The van der Waals surface area contributed by atoms with Gasteiger partial charge in [0.05, 0.1) is 12.2 Å². The Morgan fingerprint density at radius 1 is 1.44 bits per heavy atom. The fourth-order valence-corrected chi connectivity index (χ4v) is 3.28. The van der Waals surface area contributed by atoms with Crippen molar-refractivity contribution in [2.45, 2.75) is 12.3 Å². The minimum absolute atomic E-state index is 0.227. The molecule has 2 nitrogen and oxygen atoms in total. The van der Waals surface area contributed by atoms with Gasteiger partial charge in [-0.3, -0.25) is 0 Å². The van der Waals surface area contributed by atoms with Gasteiger partial charge in [0, 0.05) is 20.3 Å². The fourth-order valence-electron chi connectivity index (χ4n) is 1.62. The van der Waals surface area contributed by atoms with E-state index in [0.29, 0.717) is 17.5 Å². The van der Waals surface area contributed by atoms with Gasteiger partial charge in [-0.1, -0.05) is 34.1 Å². The van der Waals surface area contributed by atoms with Crippen LogP contribution in [0.1, 0.15) is 22.2 Å². The summed E-state index contributed by atoms with van der Waals surface area (Å²) >= 11 is 5.04. The predicted molar refractivity (Wildman–Crippen MR) is 70.4 cm³/mol. The molecule has 2 rings (SSSR count). The minimum atomic E-state index is -0.227. The highest BCUT2D eigenvalue weighted by Crippen LogP contribution is 2.33. The molecule has 84 valence electrons. The first-order valence-corrected chi connectivity index (χ1v) is 6.95. The van der Waals surface area contributed by atoms with Crippen molar-refractivity contribution in [2.75, 3.05) is 6.61 Å². The highest BCUT2D eigenvalue weighted by molar-refractivity contribution is 9.08. The van der Waals surface area contributed by atoms with Crippen LogP contribution < -0.4 is 0 Å². The Kier molecular flexibility index (Phi) is 3.61. The molecule has 0 unspecified atom stereocenters. The molecule has 0 N–H and O–H groups in total. The fraction of sp³-hybridized carbons (Fsp3) is 0.250. The largest absolute Gasteiger partial charge is 0.462 e. The van der Waals surface area contributed by atoms with Crippen LogP contribution >= 0.6 is 27.3 Å². The number of fused-ring (bicyclic) bond motifs is 1. The van der Waals surface area contributed by atoms with Crippen molar-refractivity contribution < 1.29 is 9.53 Å². The van der Waals surface area contributed by atoms with Gasteiger partial charge in [0.1, 0.15) is 0 Å². The highest BCUT2D eigenvalue weighted by Gasteiger charge is 2.18. The molecule has 0 bridgehead atoms. The average molecular weight is 299 g/mol. The lowest BCUT2D eigenvalue weighted by Gasteiger charge is -2.02. The second-order valence-corrected chi connectivity index (χ2v) is 4.95. The first-order valence-electron chi connectivity index (χ1n) is 5.01. The molecule has 0 aliphatic heterocycles. The van der Waals surface area contributed by atoms with Crippen molar-refractivity contribution in [3.8, 4) is 0 Å². The second-order valence-electron chi connectivity index (χ2n) is 3.25. The van der Waals surface area contributed by atoms with Crippen LogP contribution in [-0.4, -0.2) is 12.6 Å². The van der Waals surface area contributed by atoms with Crippen molar-refractivity contribution in [2.24, 2.45) is 0 Å². The van der Waals surface area contributed by atoms with Gasteiger partial charge in [-0.25, -0.2) is 4.79 Å². The Hall–Kier alpha value is -0.870. The summed E-state index contributed by atoms with van der Waals surface area (Å²) in [6, 6.07) is 7.90. The molecular weight excluding hydrogens is 288 g/mol. The summed E-state index contributed by atoms with van der Waals surface area (Å²) in [7, 11) is 0. The normalized spacial score (nSPS) is 10.6. The molecule has 0 atom stereocenters. The van der Waals surface area contributed by atoms with Gasteiger partial charge in [0.15, 0.2) is 0 Å². The molecule has 2 aromatic rings. The zero-order chi connectivity index (χ0) is 11.5. The Bertz CT molecular complexity index is 519. The minimum Gasteiger partial charge on any atom is -0.462 e. The van der Waals surface area contributed by atoms with Crippen molar-refractivity contribution in [3.63, 3.8) is 0 Å². The number of carbonyl (C=O) groups is 1. The maximum atomic E-state index is 11.9. The Morgan fingerprint density at radius 3 is 2.88 bits per heavy atom. The lowest BCUT2D eigenvalue weighted by atomic mass is 10.1. The van der Waals surface area contributed by atoms with Gasteiger partial charge in [-0.15, -0.1) is 11.3 Å². The van der Waals surface area contributed by atoms with E-state index < -0.39 is 0 Å². The van der Waals surface area contributed by atoms with Crippen LogP contribution in [0.15, 0.2) is 24.3 Å². The van der Waals surface area contributed by atoms with Crippen LogP contribution in [0.5, 0.6) is 0 Å². The molecule has 0 aliphatic carbocycles. The van der Waals surface area contributed by atoms with Crippen molar-refractivity contribution >= 4 is 43.3 Å². The van der Waals surface area contributed by atoms with Crippen molar-refractivity contribution in [1.29, 1.82) is 0 Å². The number of hydrogen-bond donors (Lipinski definition) is 0. The summed E-state index contributed by atoms with van der Waals surface area (Å²) in [5.74, 6) is -0.227. The molecule has 0 aliphatic rings. The number of rotatable bonds is 3. The Balaban J connectivity index is 2.60. The third-order valence-corrected chi connectivity index (χ3v) is 4.37. The highest BCUT2D eigenvalue weighted by atomic mass is 79.9.